The van der Waals surface area contributed by atoms with Crippen LogP contribution in [0.15, 0.2) is 18.2 Å². The summed E-state index contributed by atoms with van der Waals surface area (Å²) in [5.74, 6) is -1.01. The maximum Gasteiger partial charge on any atom is 0.328 e. The maximum atomic E-state index is 12.3. The quantitative estimate of drug-likeness (QED) is 0.778. The number of hydrogen-bond donors (Lipinski definition) is 2. The summed E-state index contributed by atoms with van der Waals surface area (Å²) in [6.07, 6.45) is 0. The van der Waals surface area contributed by atoms with Crippen LogP contribution >= 0.6 is 0 Å². The van der Waals surface area contributed by atoms with E-state index in [1.807, 2.05) is 12.2 Å². The van der Waals surface area contributed by atoms with Crippen LogP contribution in [0, 0.1) is 6.92 Å². The Morgan fingerprint density at radius 1 is 1.45 bits per heavy atom. The van der Waals surface area contributed by atoms with Crippen LogP contribution in [0.2, 0.25) is 0 Å². The molecule has 0 spiro atoms. The van der Waals surface area contributed by atoms with Crippen LogP contribution < -0.4 is 14.8 Å². The monoisotopic (exact) mass is 285 g/mol. The molecule has 0 aliphatic heterocycles. The van der Waals surface area contributed by atoms with Crippen LogP contribution in [0.5, 0.6) is 11.5 Å². The normalized spacial score (nSPS) is 11.6. The predicted molar refractivity (Wildman–Crippen MR) is 68.8 cm³/mol. The fourth-order valence-corrected chi connectivity index (χ4v) is 1.49. The maximum absolute atomic E-state index is 12.3. The van der Waals surface area contributed by atoms with Crippen molar-refractivity contribution < 1.29 is 28.6 Å². The molecule has 7 heteroatoms. The molecule has 0 fully saturated rings. The van der Waals surface area contributed by atoms with Gasteiger partial charge in [0.05, 0.1) is 7.11 Å². The third-order valence-corrected chi connectivity index (χ3v) is 2.52. The molecule has 0 aliphatic carbocycles. The first kappa shape index (κ1) is 15.7. The average Bonchev–Trinajstić information content (AvgIpc) is 2.42. The van der Waals surface area contributed by atoms with E-state index < -0.39 is 31.2 Å². The van der Waals surface area contributed by atoms with Crippen LogP contribution in [0.3, 0.4) is 0 Å². The van der Waals surface area contributed by atoms with Crippen molar-refractivity contribution in [3.8, 4) is 11.5 Å². The molecule has 0 aromatic heterocycles. The third kappa shape index (κ3) is 4.42. The topological polar surface area (TPSA) is 84.9 Å². The number of alkyl halides is 1. The van der Waals surface area contributed by atoms with E-state index in [-0.39, 0.29) is 0 Å². The SMILES string of the molecule is COc1ccc(OCC(=O)NC(CF)C(=O)O)cc1C. The summed E-state index contributed by atoms with van der Waals surface area (Å²) in [4.78, 5) is 22.0. The van der Waals surface area contributed by atoms with Gasteiger partial charge in [0.25, 0.3) is 5.91 Å². The van der Waals surface area contributed by atoms with Crippen molar-refractivity contribution in [3.63, 3.8) is 0 Å². The van der Waals surface area contributed by atoms with Crippen LogP contribution in [-0.4, -0.2) is 43.4 Å². The van der Waals surface area contributed by atoms with Crippen molar-refractivity contribution in [2.75, 3.05) is 20.4 Å². The lowest BCUT2D eigenvalue weighted by Gasteiger charge is -2.12. The number of aliphatic carboxylic acids is 1. The summed E-state index contributed by atoms with van der Waals surface area (Å²) in [7, 11) is 1.54. The number of ether oxygens (including phenoxy) is 2. The van der Waals surface area contributed by atoms with Gasteiger partial charge < -0.3 is 19.9 Å². The molecule has 0 heterocycles. The van der Waals surface area contributed by atoms with Crippen molar-refractivity contribution >= 4 is 11.9 Å². The van der Waals surface area contributed by atoms with Gasteiger partial charge in [0, 0.05) is 0 Å². The van der Waals surface area contributed by atoms with Gasteiger partial charge >= 0.3 is 5.97 Å². The number of rotatable bonds is 7. The second-order valence-electron chi connectivity index (χ2n) is 4.03. The second-order valence-corrected chi connectivity index (χ2v) is 4.03. The molecule has 0 bridgehead atoms. The highest BCUT2D eigenvalue weighted by molar-refractivity contribution is 5.84. The Morgan fingerprint density at radius 2 is 2.15 bits per heavy atom. The van der Waals surface area contributed by atoms with Gasteiger partial charge in [-0.15, -0.1) is 0 Å². The summed E-state index contributed by atoms with van der Waals surface area (Å²) in [5.41, 5.74) is 0.831. The van der Waals surface area contributed by atoms with E-state index >= 15 is 0 Å². The average molecular weight is 285 g/mol. The van der Waals surface area contributed by atoms with Gasteiger partial charge in [0.15, 0.2) is 12.6 Å². The molecule has 0 aliphatic rings. The van der Waals surface area contributed by atoms with E-state index in [0.29, 0.717) is 11.5 Å². The number of carboxylic acids is 1. The zero-order valence-electron chi connectivity index (χ0n) is 11.2. The molecule has 110 valence electrons. The molecule has 20 heavy (non-hydrogen) atoms. The highest BCUT2D eigenvalue weighted by Gasteiger charge is 2.19. The minimum atomic E-state index is -1.55. The van der Waals surface area contributed by atoms with Crippen molar-refractivity contribution in [1.82, 2.24) is 5.32 Å². The first-order valence-electron chi connectivity index (χ1n) is 5.83. The number of aryl methyl sites for hydroxylation is 1. The minimum Gasteiger partial charge on any atom is -0.496 e. The molecule has 2 N–H and O–H groups in total. The van der Waals surface area contributed by atoms with E-state index in [0.717, 1.165) is 5.56 Å². The largest absolute Gasteiger partial charge is 0.496 e. The van der Waals surface area contributed by atoms with E-state index in [1.165, 1.54) is 0 Å². The number of methoxy groups -OCH3 is 1. The van der Waals surface area contributed by atoms with E-state index in [4.69, 9.17) is 14.6 Å². The molecule has 1 amide bonds. The van der Waals surface area contributed by atoms with Crippen molar-refractivity contribution in [2.24, 2.45) is 0 Å². The fraction of sp³-hybridized carbons (Fsp3) is 0.385. The lowest BCUT2D eigenvalue weighted by Crippen LogP contribution is -2.44. The molecular weight excluding hydrogens is 269 g/mol. The van der Waals surface area contributed by atoms with Gasteiger partial charge in [-0.3, -0.25) is 4.79 Å². The van der Waals surface area contributed by atoms with E-state index in [2.05, 4.69) is 0 Å². The summed E-state index contributed by atoms with van der Waals surface area (Å²) in [6.45, 7) is 0.244. The first-order valence-corrected chi connectivity index (χ1v) is 5.83. The number of hydrogen-bond acceptors (Lipinski definition) is 4. The molecule has 0 saturated heterocycles. The Hall–Kier alpha value is -2.31. The van der Waals surface area contributed by atoms with Gasteiger partial charge in [0.2, 0.25) is 0 Å². The Bertz CT molecular complexity index is 492. The zero-order chi connectivity index (χ0) is 15.1. The Balaban J connectivity index is 2.52. The van der Waals surface area contributed by atoms with Crippen molar-refractivity contribution in [1.29, 1.82) is 0 Å². The lowest BCUT2D eigenvalue weighted by molar-refractivity contribution is -0.142. The lowest BCUT2D eigenvalue weighted by atomic mass is 10.2. The van der Waals surface area contributed by atoms with Gasteiger partial charge in [-0.25, -0.2) is 9.18 Å². The molecule has 1 aromatic carbocycles. The smallest absolute Gasteiger partial charge is 0.328 e. The van der Waals surface area contributed by atoms with Gasteiger partial charge in [-0.1, -0.05) is 0 Å². The van der Waals surface area contributed by atoms with Crippen LogP contribution in [-0.2, 0) is 9.59 Å². The number of halogens is 1. The van der Waals surface area contributed by atoms with Crippen molar-refractivity contribution in [3.05, 3.63) is 23.8 Å². The van der Waals surface area contributed by atoms with Crippen LogP contribution in [0.1, 0.15) is 5.56 Å². The summed E-state index contributed by atoms with van der Waals surface area (Å²) in [5, 5.41) is 10.6. The molecule has 1 unspecified atom stereocenters. The summed E-state index contributed by atoms with van der Waals surface area (Å²) >= 11 is 0. The number of carbonyl (C=O) groups is 2. The first-order chi connectivity index (χ1) is 9.47. The summed E-state index contributed by atoms with van der Waals surface area (Å²) in [6, 6.07) is 3.42. The van der Waals surface area contributed by atoms with E-state index in [1.54, 1.807) is 25.3 Å². The van der Waals surface area contributed by atoms with Gasteiger partial charge in [0.1, 0.15) is 18.2 Å². The fourth-order valence-electron chi connectivity index (χ4n) is 1.49. The Morgan fingerprint density at radius 3 is 2.65 bits per heavy atom. The highest BCUT2D eigenvalue weighted by Crippen LogP contribution is 2.22. The second kappa shape index (κ2) is 7.32. The Kier molecular flexibility index (Phi) is 5.76. The van der Waals surface area contributed by atoms with Gasteiger partial charge in [-0.05, 0) is 30.7 Å². The molecule has 0 radical (unpaired) electrons. The predicted octanol–water partition coefficient (Wildman–Crippen LogP) is 0.921. The number of amides is 1. The summed E-state index contributed by atoms with van der Waals surface area (Å²) < 4.78 is 22.6. The van der Waals surface area contributed by atoms with E-state index in [9.17, 15) is 14.0 Å². The standard InChI is InChI=1S/C13H16FNO5/c1-8-5-9(3-4-11(8)19-2)20-7-12(16)15-10(6-14)13(17)18/h3-5,10H,6-7H2,1-2H3,(H,15,16)(H,17,18). The Labute approximate surface area is 115 Å². The molecule has 1 aromatic rings. The number of nitrogens with one attached hydrogen (secondary N) is 1. The third-order valence-electron chi connectivity index (χ3n) is 2.52. The molecular formula is C13H16FNO5. The highest BCUT2D eigenvalue weighted by atomic mass is 19.1. The van der Waals surface area contributed by atoms with Crippen LogP contribution in [0.25, 0.3) is 0 Å². The van der Waals surface area contributed by atoms with Crippen LogP contribution in [0.4, 0.5) is 4.39 Å². The minimum absolute atomic E-state index is 0.393. The molecule has 0 saturated carbocycles. The number of carbonyl (C=O) groups excluding carboxylic acids is 1. The molecule has 1 atom stereocenters. The number of carboxylic acid groups (broad SMARTS) is 1. The number of benzene rings is 1. The van der Waals surface area contributed by atoms with Crippen molar-refractivity contribution in [2.45, 2.75) is 13.0 Å². The molecule has 1 rings (SSSR count). The zero-order valence-corrected chi connectivity index (χ0v) is 11.2. The molecule has 6 nitrogen and oxygen atoms in total. The van der Waals surface area contributed by atoms with Gasteiger partial charge in [-0.2, -0.15) is 0 Å².